The Kier molecular flexibility index (Phi) is 5.38. The number of aryl methyl sites for hydroxylation is 1. The third kappa shape index (κ3) is 4.17. The van der Waals surface area contributed by atoms with Crippen LogP contribution in [0.1, 0.15) is 13.4 Å². The normalized spacial score (nSPS) is 19.9. The number of ether oxygens (including phenoxy) is 1. The number of aromatic nitrogens is 3. The van der Waals surface area contributed by atoms with Crippen molar-refractivity contribution in [3.8, 4) is 5.69 Å². The minimum Gasteiger partial charge on any atom is -0.380 e. The summed E-state index contributed by atoms with van der Waals surface area (Å²) < 4.78 is 7.35. The molecule has 5 rings (SSSR count). The Balaban J connectivity index is 0.00000231. The minimum absolute atomic E-state index is 0. The minimum atomic E-state index is 0. The highest BCUT2D eigenvalue weighted by molar-refractivity contribution is 5.64. The zero-order valence-electron chi connectivity index (χ0n) is 17.4. The van der Waals surface area contributed by atoms with Gasteiger partial charge in [0.25, 0.3) is 0 Å². The van der Waals surface area contributed by atoms with Gasteiger partial charge in [0.05, 0.1) is 12.3 Å². The lowest BCUT2D eigenvalue weighted by atomic mass is 10.1. The summed E-state index contributed by atoms with van der Waals surface area (Å²) in [6.07, 6.45) is 2.90. The number of anilines is 3. The van der Waals surface area contributed by atoms with Gasteiger partial charge >= 0.3 is 0 Å². The molecule has 7 heteroatoms. The maximum absolute atomic E-state index is 5.56. The van der Waals surface area contributed by atoms with Crippen LogP contribution in [-0.4, -0.2) is 65.1 Å². The highest BCUT2D eigenvalue weighted by Gasteiger charge is 2.27. The van der Waals surface area contributed by atoms with Crippen LogP contribution in [0.25, 0.3) is 5.69 Å². The number of nitrogens with zero attached hydrogens (tertiary/aromatic N) is 5. The SMILES string of the molecule is Cc1cc(Nc2ncn(-c3ccccc3)n2)cc(N2CCN(C3CCOC3)CC2)c1.[HH]. The predicted molar refractivity (Wildman–Crippen MR) is 121 cm³/mol. The molecule has 2 aliphatic heterocycles. The highest BCUT2D eigenvalue weighted by atomic mass is 16.5. The standard InChI is InChI=1S/C23H28N6O.H2/c1-18-13-19(25-23-24-17-29(26-23)20-5-3-2-4-6-20)15-22(14-18)28-10-8-27(9-11-28)21-7-12-30-16-21;/h2-6,13-15,17,21H,7-12,16H2,1H3,(H,25,26);1H. The summed E-state index contributed by atoms with van der Waals surface area (Å²) in [4.78, 5) is 9.48. The van der Waals surface area contributed by atoms with Crippen LogP contribution in [0.4, 0.5) is 17.3 Å². The molecular formula is C23H30N6O. The predicted octanol–water partition coefficient (Wildman–Crippen LogP) is 3.48. The summed E-state index contributed by atoms with van der Waals surface area (Å²) in [6.45, 7) is 8.20. The second-order valence-corrected chi connectivity index (χ2v) is 8.07. The molecule has 0 spiro atoms. The molecule has 0 aliphatic carbocycles. The van der Waals surface area contributed by atoms with Gasteiger partial charge in [-0.2, -0.15) is 4.98 Å². The van der Waals surface area contributed by atoms with Gasteiger partial charge in [0.2, 0.25) is 5.95 Å². The van der Waals surface area contributed by atoms with Crippen LogP contribution in [0, 0.1) is 6.92 Å². The third-order valence-electron chi connectivity index (χ3n) is 5.93. The van der Waals surface area contributed by atoms with Crippen molar-refractivity contribution < 1.29 is 6.16 Å². The first kappa shape index (κ1) is 19.1. The monoisotopic (exact) mass is 406 g/mol. The molecule has 1 aromatic heterocycles. The van der Waals surface area contributed by atoms with E-state index in [4.69, 9.17) is 4.74 Å². The van der Waals surface area contributed by atoms with Gasteiger partial charge in [0.1, 0.15) is 6.33 Å². The fourth-order valence-electron chi connectivity index (χ4n) is 4.33. The highest BCUT2D eigenvalue weighted by Crippen LogP contribution is 2.26. The third-order valence-corrected chi connectivity index (χ3v) is 5.93. The second kappa shape index (κ2) is 8.45. The Hall–Kier alpha value is -2.90. The number of piperazine rings is 1. The van der Waals surface area contributed by atoms with E-state index in [-0.39, 0.29) is 1.43 Å². The smallest absolute Gasteiger partial charge is 0.246 e. The molecule has 1 atom stereocenters. The molecular weight excluding hydrogens is 376 g/mol. The Morgan fingerprint density at radius 2 is 1.87 bits per heavy atom. The van der Waals surface area contributed by atoms with Gasteiger partial charge in [-0.15, -0.1) is 5.10 Å². The van der Waals surface area contributed by atoms with Gasteiger partial charge < -0.3 is 15.0 Å². The number of hydrogen-bond donors (Lipinski definition) is 1. The summed E-state index contributed by atoms with van der Waals surface area (Å²) in [5, 5.41) is 7.94. The number of rotatable bonds is 5. The Morgan fingerprint density at radius 1 is 1.03 bits per heavy atom. The van der Waals surface area contributed by atoms with Crippen molar-refractivity contribution in [3.05, 3.63) is 60.4 Å². The molecule has 0 amide bonds. The summed E-state index contributed by atoms with van der Waals surface area (Å²) in [5.74, 6) is 0.599. The molecule has 158 valence electrons. The quantitative estimate of drug-likeness (QED) is 0.700. The zero-order valence-corrected chi connectivity index (χ0v) is 17.4. The van der Waals surface area contributed by atoms with E-state index in [1.54, 1.807) is 11.0 Å². The topological polar surface area (TPSA) is 58.5 Å². The molecule has 30 heavy (non-hydrogen) atoms. The van der Waals surface area contributed by atoms with Crippen molar-refractivity contribution in [2.45, 2.75) is 19.4 Å². The summed E-state index contributed by atoms with van der Waals surface area (Å²) in [7, 11) is 0. The molecule has 0 radical (unpaired) electrons. The van der Waals surface area contributed by atoms with E-state index in [2.05, 4.69) is 50.3 Å². The van der Waals surface area contributed by atoms with Gasteiger partial charge in [-0.05, 0) is 49.2 Å². The number of para-hydroxylation sites is 1. The molecule has 2 aliphatic rings. The van der Waals surface area contributed by atoms with Crippen LogP contribution in [0.5, 0.6) is 0 Å². The molecule has 1 N–H and O–H groups in total. The van der Waals surface area contributed by atoms with E-state index in [0.717, 1.165) is 50.8 Å². The average Bonchev–Trinajstić information content (AvgIpc) is 3.47. The molecule has 2 aromatic carbocycles. The Labute approximate surface area is 178 Å². The van der Waals surface area contributed by atoms with E-state index in [1.165, 1.54) is 17.7 Å². The zero-order chi connectivity index (χ0) is 20.3. The van der Waals surface area contributed by atoms with E-state index >= 15 is 0 Å². The molecule has 2 saturated heterocycles. The van der Waals surface area contributed by atoms with Crippen molar-refractivity contribution in [1.29, 1.82) is 0 Å². The molecule has 3 aromatic rings. The molecule has 0 saturated carbocycles. The van der Waals surface area contributed by atoms with Crippen LogP contribution in [0.15, 0.2) is 54.9 Å². The van der Waals surface area contributed by atoms with Gasteiger partial charge in [0.15, 0.2) is 0 Å². The molecule has 1 unspecified atom stereocenters. The van der Waals surface area contributed by atoms with Crippen LogP contribution in [0.2, 0.25) is 0 Å². The molecule has 3 heterocycles. The van der Waals surface area contributed by atoms with Gasteiger partial charge in [-0.1, -0.05) is 18.2 Å². The fourth-order valence-corrected chi connectivity index (χ4v) is 4.33. The Morgan fingerprint density at radius 3 is 2.63 bits per heavy atom. The lowest BCUT2D eigenvalue weighted by Gasteiger charge is -2.38. The van der Waals surface area contributed by atoms with Crippen molar-refractivity contribution in [2.24, 2.45) is 0 Å². The average molecular weight is 407 g/mol. The lowest BCUT2D eigenvalue weighted by Crippen LogP contribution is -2.50. The first-order valence-corrected chi connectivity index (χ1v) is 10.7. The summed E-state index contributed by atoms with van der Waals surface area (Å²) in [5.41, 5.74) is 4.49. The van der Waals surface area contributed by atoms with Crippen molar-refractivity contribution >= 4 is 17.3 Å². The van der Waals surface area contributed by atoms with Crippen LogP contribution in [0.3, 0.4) is 0 Å². The van der Waals surface area contributed by atoms with Gasteiger partial charge in [-0.25, -0.2) is 4.68 Å². The van der Waals surface area contributed by atoms with E-state index < -0.39 is 0 Å². The number of nitrogens with one attached hydrogen (secondary N) is 1. The lowest BCUT2D eigenvalue weighted by molar-refractivity contribution is 0.139. The summed E-state index contributed by atoms with van der Waals surface area (Å²) in [6, 6.07) is 17.2. The van der Waals surface area contributed by atoms with E-state index in [1.807, 2.05) is 30.3 Å². The first-order valence-electron chi connectivity index (χ1n) is 10.7. The molecule has 7 nitrogen and oxygen atoms in total. The fraction of sp³-hybridized carbons (Fsp3) is 0.391. The van der Waals surface area contributed by atoms with Crippen molar-refractivity contribution in [3.63, 3.8) is 0 Å². The largest absolute Gasteiger partial charge is 0.380 e. The number of hydrogen-bond acceptors (Lipinski definition) is 6. The van der Waals surface area contributed by atoms with Crippen molar-refractivity contribution in [2.75, 3.05) is 49.6 Å². The van der Waals surface area contributed by atoms with E-state index in [0.29, 0.717) is 12.0 Å². The molecule has 2 fully saturated rings. The maximum atomic E-state index is 5.56. The van der Waals surface area contributed by atoms with Gasteiger partial charge in [0, 0.05) is 51.6 Å². The summed E-state index contributed by atoms with van der Waals surface area (Å²) >= 11 is 0. The van der Waals surface area contributed by atoms with Crippen molar-refractivity contribution in [1.82, 2.24) is 19.7 Å². The second-order valence-electron chi connectivity index (χ2n) is 8.07. The first-order chi connectivity index (χ1) is 14.7. The molecule has 0 bridgehead atoms. The van der Waals surface area contributed by atoms with Crippen LogP contribution < -0.4 is 10.2 Å². The Bertz CT molecular complexity index is 981. The van der Waals surface area contributed by atoms with Crippen LogP contribution in [-0.2, 0) is 4.74 Å². The van der Waals surface area contributed by atoms with E-state index in [9.17, 15) is 0 Å². The number of benzene rings is 2. The van der Waals surface area contributed by atoms with Gasteiger partial charge in [-0.3, -0.25) is 4.90 Å². The maximum Gasteiger partial charge on any atom is 0.246 e. The van der Waals surface area contributed by atoms with Crippen LogP contribution >= 0.6 is 0 Å².